The minimum atomic E-state index is -1.83. The summed E-state index contributed by atoms with van der Waals surface area (Å²) in [4.78, 5) is 51.3. The fourth-order valence-electron chi connectivity index (χ4n) is 4.28. The lowest BCUT2D eigenvalue weighted by Gasteiger charge is -2.41. The first kappa shape index (κ1) is 27.7. The molecule has 0 aromatic rings. The minimum absolute atomic E-state index is 0.0314. The van der Waals surface area contributed by atoms with Gasteiger partial charge in [-0.15, -0.1) is 0 Å². The highest BCUT2D eigenvalue weighted by Gasteiger charge is 2.57. The summed E-state index contributed by atoms with van der Waals surface area (Å²) in [6, 6.07) is 0. The predicted molar refractivity (Wildman–Crippen MR) is 121 cm³/mol. The van der Waals surface area contributed by atoms with Gasteiger partial charge in [0.1, 0.15) is 5.60 Å². The van der Waals surface area contributed by atoms with E-state index in [9.17, 15) is 29.4 Å². The largest absolute Gasteiger partial charge is 0.455 e. The van der Waals surface area contributed by atoms with Crippen LogP contribution in [0.1, 0.15) is 60.8 Å². The lowest BCUT2D eigenvalue weighted by atomic mass is 9.75. The van der Waals surface area contributed by atoms with Crippen LogP contribution in [0.4, 0.5) is 0 Å². The van der Waals surface area contributed by atoms with Gasteiger partial charge >= 0.3 is 17.9 Å². The lowest BCUT2D eigenvalue weighted by molar-refractivity contribution is -0.199. The Labute approximate surface area is 200 Å². The van der Waals surface area contributed by atoms with Crippen LogP contribution < -0.4 is 0 Å². The molecule has 0 aromatic heterocycles. The summed E-state index contributed by atoms with van der Waals surface area (Å²) in [5, 5.41) is 21.9. The Kier molecular flexibility index (Phi) is 8.82. The van der Waals surface area contributed by atoms with Crippen LogP contribution in [0.2, 0.25) is 0 Å². The molecule has 9 heteroatoms. The third-order valence-electron chi connectivity index (χ3n) is 6.79. The van der Waals surface area contributed by atoms with Crippen molar-refractivity contribution in [2.45, 2.75) is 90.8 Å². The van der Waals surface area contributed by atoms with Crippen molar-refractivity contribution in [3.8, 4) is 0 Å². The summed E-state index contributed by atoms with van der Waals surface area (Å²) in [7, 11) is 0. The lowest BCUT2D eigenvalue weighted by Crippen LogP contribution is -2.57. The second-order valence-corrected chi connectivity index (χ2v) is 9.64. The van der Waals surface area contributed by atoms with E-state index in [1.807, 2.05) is 0 Å². The van der Waals surface area contributed by atoms with Gasteiger partial charge in [0.2, 0.25) is 0 Å². The Morgan fingerprint density at radius 1 is 1.32 bits per heavy atom. The average Bonchev–Trinajstić information content (AvgIpc) is 3.05. The molecule has 34 heavy (non-hydrogen) atoms. The van der Waals surface area contributed by atoms with Crippen LogP contribution in [0.3, 0.4) is 0 Å². The Balaban J connectivity index is 2.64. The number of ketones is 1. The minimum Gasteiger partial charge on any atom is -0.455 e. The molecule has 1 aliphatic carbocycles. The zero-order valence-corrected chi connectivity index (χ0v) is 20.7. The Morgan fingerprint density at radius 2 is 1.94 bits per heavy atom. The molecule has 0 aromatic carbocycles. The van der Waals surface area contributed by atoms with E-state index >= 15 is 0 Å². The quantitative estimate of drug-likeness (QED) is 0.344. The molecule has 1 aliphatic heterocycles. The van der Waals surface area contributed by atoms with Crippen LogP contribution in [-0.4, -0.2) is 63.9 Å². The Morgan fingerprint density at radius 3 is 2.50 bits per heavy atom. The van der Waals surface area contributed by atoms with Gasteiger partial charge in [0.05, 0.1) is 17.9 Å². The zero-order chi connectivity index (χ0) is 26.0. The molecule has 1 heterocycles. The maximum absolute atomic E-state index is 13.4. The Bertz CT molecular complexity index is 872. The molecule has 9 nitrogen and oxygen atoms in total. The van der Waals surface area contributed by atoms with E-state index in [4.69, 9.17) is 14.2 Å². The SMILES string of the molecule is C=C1C(=O)O[C@@H]2[C@@H]1[C@H](OC(=O)/C(C)=C\C)C(=O)[C@@H](C)C[C@H](O)C[C@@](C)(O)[C@H]2OC(=O)[C@H](C)CC. The molecule has 2 aliphatic rings. The highest BCUT2D eigenvalue weighted by atomic mass is 16.6. The summed E-state index contributed by atoms with van der Waals surface area (Å²) >= 11 is 0. The van der Waals surface area contributed by atoms with E-state index < -0.39 is 71.5 Å². The van der Waals surface area contributed by atoms with E-state index in [2.05, 4.69) is 6.58 Å². The molecule has 0 bridgehead atoms. The van der Waals surface area contributed by atoms with E-state index in [0.29, 0.717) is 6.42 Å². The monoisotopic (exact) mass is 480 g/mol. The summed E-state index contributed by atoms with van der Waals surface area (Å²) in [5.41, 5.74) is -1.70. The van der Waals surface area contributed by atoms with Gasteiger partial charge in [-0.1, -0.05) is 33.4 Å². The third-order valence-corrected chi connectivity index (χ3v) is 6.79. The Hall–Kier alpha value is -2.52. The fraction of sp³-hybridized carbons (Fsp3) is 0.680. The molecule has 0 amide bonds. The number of hydrogen-bond donors (Lipinski definition) is 2. The summed E-state index contributed by atoms with van der Waals surface area (Å²) in [6.07, 6.45) is -3.71. The van der Waals surface area contributed by atoms with Crippen LogP contribution in [0.25, 0.3) is 0 Å². The molecule has 1 saturated carbocycles. The number of ether oxygens (including phenoxy) is 3. The van der Waals surface area contributed by atoms with Gasteiger partial charge in [0, 0.05) is 23.5 Å². The summed E-state index contributed by atoms with van der Waals surface area (Å²) in [6.45, 7) is 13.3. The first-order chi connectivity index (χ1) is 15.7. The van der Waals surface area contributed by atoms with Crippen molar-refractivity contribution in [2.75, 3.05) is 0 Å². The van der Waals surface area contributed by atoms with Gasteiger partial charge in [-0.05, 0) is 33.6 Å². The van der Waals surface area contributed by atoms with Gasteiger partial charge in [0.15, 0.2) is 24.1 Å². The molecule has 0 spiro atoms. The molecule has 0 radical (unpaired) electrons. The first-order valence-electron chi connectivity index (χ1n) is 11.6. The van der Waals surface area contributed by atoms with Crippen LogP contribution in [0, 0.1) is 17.8 Å². The van der Waals surface area contributed by atoms with E-state index in [-0.39, 0.29) is 24.0 Å². The number of fused-ring (bicyclic) bond motifs is 1. The maximum Gasteiger partial charge on any atom is 0.334 e. The molecule has 0 unspecified atom stereocenters. The predicted octanol–water partition coefficient (Wildman–Crippen LogP) is 2.03. The number of aliphatic hydroxyl groups is 2. The van der Waals surface area contributed by atoms with Crippen LogP contribution in [0.5, 0.6) is 0 Å². The highest BCUT2D eigenvalue weighted by Crippen LogP contribution is 2.41. The molecule has 8 atom stereocenters. The molecule has 1 saturated heterocycles. The molecule has 2 rings (SSSR count). The van der Waals surface area contributed by atoms with Crippen molar-refractivity contribution < 1.29 is 43.6 Å². The zero-order valence-electron chi connectivity index (χ0n) is 20.7. The van der Waals surface area contributed by atoms with Gasteiger partial charge < -0.3 is 24.4 Å². The van der Waals surface area contributed by atoms with Crippen molar-refractivity contribution >= 4 is 23.7 Å². The van der Waals surface area contributed by atoms with Crippen molar-refractivity contribution in [1.29, 1.82) is 0 Å². The van der Waals surface area contributed by atoms with Gasteiger partial charge in [-0.25, -0.2) is 9.59 Å². The average molecular weight is 481 g/mol. The molecular weight excluding hydrogens is 444 g/mol. The van der Waals surface area contributed by atoms with Crippen molar-refractivity contribution in [1.82, 2.24) is 0 Å². The molecule has 2 fully saturated rings. The number of rotatable bonds is 5. The number of carbonyl (C=O) groups excluding carboxylic acids is 4. The third kappa shape index (κ3) is 5.75. The number of aliphatic hydroxyl groups excluding tert-OH is 1. The second-order valence-electron chi connectivity index (χ2n) is 9.64. The number of esters is 3. The van der Waals surface area contributed by atoms with Gasteiger partial charge in [0.25, 0.3) is 0 Å². The summed E-state index contributed by atoms with van der Waals surface area (Å²) in [5.74, 6) is -5.24. The molecule has 190 valence electrons. The van der Waals surface area contributed by atoms with Crippen LogP contribution in [-0.2, 0) is 33.4 Å². The molecule has 2 N–H and O–H groups in total. The van der Waals surface area contributed by atoms with E-state index in [1.54, 1.807) is 27.7 Å². The topological polar surface area (TPSA) is 136 Å². The smallest absolute Gasteiger partial charge is 0.334 e. The van der Waals surface area contributed by atoms with E-state index in [0.717, 1.165) is 0 Å². The maximum atomic E-state index is 13.4. The van der Waals surface area contributed by atoms with Crippen molar-refractivity contribution in [2.24, 2.45) is 17.8 Å². The normalized spacial score (nSPS) is 35.8. The van der Waals surface area contributed by atoms with Crippen molar-refractivity contribution in [3.05, 3.63) is 23.8 Å². The van der Waals surface area contributed by atoms with E-state index in [1.165, 1.54) is 19.9 Å². The summed E-state index contributed by atoms with van der Waals surface area (Å²) < 4.78 is 16.7. The van der Waals surface area contributed by atoms with Gasteiger partial charge in [-0.3, -0.25) is 9.59 Å². The van der Waals surface area contributed by atoms with Crippen LogP contribution in [0.15, 0.2) is 23.8 Å². The fourth-order valence-corrected chi connectivity index (χ4v) is 4.28. The number of carbonyl (C=O) groups is 4. The molecular formula is C25H36O9. The number of Topliss-reactive ketones (excluding diaryl/α,β-unsaturated/α-hetero) is 1. The highest BCUT2D eigenvalue weighted by molar-refractivity contribution is 5.96. The number of hydrogen-bond acceptors (Lipinski definition) is 9. The second kappa shape index (κ2) is 10.8. The first-order valence-corrected chi connectivity index (χ1v) is 11.6. The van der Waals surface area contributed by atoms with Crippen LogP contribution >= 0.6 is 0 Å². The van der Waals surface area contributed by atoms with Gasteiger partial charge in [-0.2, -0.15) is 0 Å². The van der Waals surface area contributed by atoms with Crippen molar-refractivity contribution in [3.63, 3.8) is 0 Å². The number of allylic oxidation sites excluding steroid dienone is 1. The standard InChI is InChI=1S/C25H36O9/c1-8-12(3)22(28)32-19-17-15(6)24(30)33-20(17)21(34-23(29)13(4)9-2)25(7,31)11-16(26)10-14(5)18(19)27/h8,13-14,16-17,19-21,26,31H,6,9-11H2,1-5,7H3/b12-8-/t13-,14+,16+,17+,19+,20-,21+,25-/m1/s1.